The molecular weight excluding hydrogens is 192 g/mol. The number of hydrogen-bond donors (Lipinski definition) is 1. The van der Waals surface area contributed by atoms with Crippen LogP contribution >= 0.6 is 0 Å². The predicted octanol–water partition coefficient (Wildman–Crippen LogP) is 1.43. The van der Waals surface area contributed by atoms with Crippen LogP contribution < -0.4 is 5.32 Å². The fourth-order valence-electron chi connectivity index (χ4n) is 1.09. The van der Waals surface area contributed by atoms with Crippen molar-refractivity contribution in [3.63, 3.8) is 0 Å². The maximum absolute atomic E-state index is 6.75. The molecule has 0 aromatic rings. The largest absolute Gasteiger partial charge is 0.373 e. The Kier molecular flexibility index (Phi) is 11.4. The third kappa shape index (κ3) is 10.5. The van der Waals surface area contributed by atoms with Crippen LogP contribution in [0, 0.1) is 0 Å². The maximum Gasteiger partial charge on any atom is 0.347 e. The quantitative estimate of drug-likeness (QED) is 0.147. The minimum atomic E-state index is 1.06. The average molecular weight is 214 g/mol. The molecule has 0 spiro atoms. The molecule has 15 heavy (non-hydrogen) atoms. The fraction of sp³-hybridized carbons (Fsp3) is 0.889. The lowest BCUT2D eigenvalue weighted by atomic mass is 10.3. The molecule has 1 N–H and O–H groups in total. The van der Waals surface area contributed by atoms with Crippen molar-refractivity contribution < 1.29 is 4.58 Å². The van der Waals surface area contributed by atoms with E-state index in [0.29, 0.717) is 0 Å². The zero-order valence-electron chi connectivity index (χ0n) is 10.4. The molecule has 0 radical (unpaired) electrons. The lowest BCUT2D eigenvalue weighted by Crippen LogP contribution is -2.42. The van der Waals surface area contributed by atoms with Crippen LogP contribution in [0.15, 0.2) is 0 Å². The number of guanidine groups is 1. The summed E-state index contributed by atoms with van der Waals surface area (Å²) in [5, 5.41) is 3.39. The van der Waals surface area contributed by atoms with Crippen LogP contribution in [-0.4, -0.2) is 50.2 Å². The summed E-state index contributed by atoms with van der Waals surface area (Å²) in [5.41, 5.74) is 13.5. The van der Waals surface area contributed by atoms with E-state index >= 15 is 0 Å². The van der Waals surface area contributed by atoms with Crippen molar-refractivity contribution in [2.24, 2.45) is 0 Å². The zero-order valence-corrected chi connectivity index (χ0v) is 10.4. The highest BCUT2D eigenvalue weighted by Crippen LogP contribution is 1.84. The van der Waals surface area contributed by atoms with E-state index in [0.717, 1.165) is 6.54 Å². The SMILES string of the molecule is CCCCNC(N(C)C)=[N+](C)C.[N-]=[N+]=[N-]. The highest BCUT2D eigenvalue weighted by atomic mass is 15.3. The normalized spacial score (nSPS) is 8.07. The molecule has 0 aliphatic heterocycles. The minimum absolute atomic E-state index is 1.06. The third-order valence-corrected chi connectivity index (χ3v) is 1.66. The minimum Gasteiger partial charge on any atom is -0.373 e. The van der Waals surface area contributed by atoms with Crippen molar-refractivity contribution in [2.75, 3.05) is 34.7 Å². The van der Waals surface area contributed by atoms with Crippen LogP contribution in [-0.2, 0) is 0 Å². The van der Waals surface area contributed by atoms with Gasteiger partial charge < -0.3 is 11.1 Å². The lowest BCUT2D eigenvalue weighted by Gasteiger charge is -2.12. The van der Waals surface area contributed by atoms with Gasteiger partial charge in [-0.1, -0.05) is 13.3 Å². The molecule has 0 aromatic carbocycles. The second-order valence-electron chi connectivity index (χ2n) is 3.48. The molecule has 0 rings (SSSR count). The smallest absolute Gasteiger partial charge is 0.347 e. The summed E-state index contributed by atoms with van der Waals surface area (Å²) in [7, 11) is 8.20. The van der Waals surface area contributed by atoms with Gasteiger partial charge in [0, 0.05) is 0 Å². The van der Waals surface area contributed by atoms with Gasteiger partial charge in [-0.2, -0.15) is 0 Å². The molecule has 0 unspecified atom stereocenters. The van der Waals surface area contributed by atoms with Crippen LogP contribution in [0.4, 0.5) is 0 Å². The van der Waals surface area contributed by atoms with E-state index in [-0.39, 0.29) is 0 Å². The van der Waals surface area contributed by atoms with Crippen molar-refractivity contribution in [1.29, 1.82) is 0 Å². The van der Waals surface area contributed by atoms with Gasteiger partial charge in [0.05, 0.1) is 34.7 Å². The summed E-state index contributed by atoms with van der Waals surface area (Å²) in [6.07, 6.45) is 2.46. The van der Waals surface area contributed by atoms with Crippen molar-refractivity contribution in [3.8, 4) is 0 Å². The van der Waals surface area contributed by atoms with Crippen molar-refractivity contribution in [3.05, 3.63) is 16.0 Å². The van der Waals surface area contributed by atoms with E-state index in [9.17, 15) is 0 Å². The first-order valence-electron chi connectivity index (χ1n) is 4.95. The van der Waals surface area contributed by atoms with E-state index in [2.05, 4.69) is 21.7 Å². The Morgan fingerprint density at radius 1 is 1.33 bits per heavy atom. The van der Waals surface area contributed by atoms with E-state index in [1.807, 2.05) is 28.2 Å². The van der Waals surface area contributed by atoms with E-state index in [1.54, 1.807) is 0 Å². The van der Waals surface area contributed by atoms with Crippen LogP contribution in [0.25, 0.3) is 16.0 Å². The topological polar surface area (TPSA) is 77.0 Å². The Morgan fingerprint density at radius 3 is 2.07 bits per heavy atom. The number of nitrogens with zero attached hydrogens (tertiary/aromatic N) is 5. The summed E-state index contributed by atoms with van der Waals surface area (Å²) in [6, 6.07) is 0. The van der Waals surface area contributed by atoms with Crippen molar-refractivity contribution in [2.45, 2.75) is 19.8 Å². The van der Waals surface area contributed by atoms with Gasteiger partial charge in [0.15, 0.2) is 0 Å². The van der Waals surface area contributed by atoms with Crippen LogP contribution in [0.1, 0.15) is 19.8 Å². The van der Waals surface area contributed by atoms with Gasteiger partial charge in [0.1, 0.15) is 0 Å². The molecule has 0 heterocycles. The first-order chi connectivity index (χ1) is 7.01. The van der Waals surface area contributed by atoms with Gasteiger partial charge in [-0.05, 0) is 6.42 Å². The number of rotatable bonds is 3. The molecule has 6 heteroatoms. The number of nitrogens with one attached hydrogen (secondary N) is 1. The maximum atomic E-state index is 6.75. The van der Waals surface area contributed by atoms with Crippen molar-refractivity contribution >= 4 is 5.96 Å². The number of unbranched alkanes of at least 4 members (excludes halogenated alkanes) is 1. The molecule has 0 bridgehead atoms. The lowest BCUT2D eigenvalue weighted by molar-refractivity contribution is -0.472. The van der Waals surface area contributed by atoms with E-state index in [4.69, 9.17) is 11.1 Å². The Morgan fingerprint density at radius 2 is 1.80 bits per heavy atom. The first kappa shape index (κ1) is 16.0. The van der Waals surface area contributed by atoms with E-state index < -0.39 is 0 Å². The van der Waals surface area contributed by atoms with Gasteiger partial charge in [-0.25, -0.2) is 0 Å². The fourth-order valence-corrected chi connectivity index (χ4v) is 1.09. The van der Waals surface area contributed by atoms with Gasteiger partial charge in [0.2, 0.25) is 0 Å². The van der Waals surface area contributed by atoms with Crippen LogP contribution in [0.3, 0.4) is 0 Å². The second kappa shape index (κ2) is 10.7. The molecule has 0 aromatic heterocycles. The Labute approximate surface area is 92.0 Å². The second-order valence-corrected chi connectivity index (χ2v) is 3.48. The monoisotopic (exact) mass is 214 g/mol. The molecule has 0 amide bonds. The number of hydrogen-bond acceptors (Lipinski definition) is 0. The molecule has 0 aliphatic rings. The third-order valence-electron chi connectivity index (χ3n) is 1.66. The molecule has 0 saturated heterocycles. The molecule has 0 saturated carbocycles. The predicted molar refractivity (Wildman–Crippen MR) is 63.8 cm³/mol. The first-order valence-corrected chi connectivity index (χ1v) is 4.95. The van der Waals surface area contributed by atoms with Gasteiger partial charge >= 0.3 is 5.96 Å². The van der Waals surface area contributed by atoms with Crippen molar-refractivity contribution in [1.82, 2.24) is 10.2 Å². The highest BCUT2D eigenvalue weighted by Gasteiger charge is 2.08. The van der Waals surface area contributed by atoms with Gasteiger partial charge in [-0.15, -0.1) is 0 Å². The Hall–Kier alpha value is -1.42. The van der Waals surface area contributed by atoms with Crippen LogP contribution in [0.2, 0.25) is 0 Å². The standard InChI is InChI=1S/C9H21N3.N3/c1-6-7-8-10-9(11(2)3)12(4)5;1-3-2/h6-8H2,1-5H3;/q;-1/p+1. The molecule has 88 valence electrons. The highest BCUT2D eigenvalue weighted by molar-refractivity contribution is 5.74. The summed E-state index contributed by atoms with van der Waals surface area (Å²) >= 11 is 0. The molecular formula is C9H22N6. The Balaban J connectivity index is 0. The van der Waals surface area contributed by atoms with Gasteiger partial charge in [0.25, 0.3) is 0 Å². The molecule has 6 nitrogen and oxygen atoms in total. The molecule has 0 aliphatic carbocycles. The average Bonchev–Trinajstić information content (AvgIpc) is 2.12. The molecule has 0 fully saturated rings. The summed E-state index contributed by atoms with van der Waals surface area (Å²) in [6.45, 7) is 3.26. The van der Waals surface area contributed by atoms with Crippen LogP contribution in [0.5, 0.6) is 0 Å². The van der Waals surface area contributed by atoms with E-state index in [1.165, 1.54) is 23.7 Å². The summed E-state index contributed by atoms with van der Waals surface area (Å²) < 4.78 is 2.09. The zero-order chi connectivity index (χ0) is 12.3. The Bertz CT molecular complexity index is 211. The van der Waals surface area contributed by atoms with Gasteiger partial charge in [-0.3, -0.25) is 19.7 Å². The molecule has 0 atom stereocenters. The summed E-state index contributed by atoms with van der Waals surface area (Å²) in [4.78, 5) is 3.59. The summed E-state index contributed by atoms with van der Waals surface area (Å²) in [5.74, 6) is 1.17.